The van der Waals surface area contributed by atoms with Gasteiger partial charge in [-0.1, -0.05) is 44.7 Å². The summed E-state index contributed by atoms with van der Waals surface area (Å²) in [6.07, 6.45) is 0.681. The summed E-state index contributed by atoms with van der Waals surface area (Å²) in [6, 6.07) is 10.7. The van der Waals surface area contributed by atoms with E-state index < -0.39 is 5.60 Å². The van der Waals surface area contributed by atoms with Crippen LogP contribution >= 0.6 is 11.8 Å². The van der Waals surface area contributed by atoms with Crippen LogP contribution in [0.25, 0.3) is 0 Å². The largest absolute Gasteiger partial charge is 0.508 e. The lowest BCUT2D eigenvalue weighted by Gasteiger charge is -2.35. The summed E-state index contributed by atoms with van der Waals surface area (Å²) in [5, 5.41) is 20.3. The van der Waals surface area contributed by atoms with E-state index >= 15 is 0 Å². The highest BCUT2D eigenvalue weighted by molar-refractivity contribution is 8.15. The van der Waals surface area contributed by atoms with Gasteiger partial charge in [-0.2, -0.15) is 0 Å². The van der Waals surface area contributed by atoms with Crippen LogP contribution in [0.3, 0.4) is 0 Å². The molecular weight excluding hydrogens is 440 g/mol. The minimum absolute atomic E-state index is 0.0913. The monoisotopic (exact) mass is 468 g/mol. The van der Waals surface area contributed by atoms with Gasteiger partial charge in [0.15, 0.2) is 11.0 Å². The van der Waals surface area contributed by atoms with Crippen molar-refractivity contribution < 1.29 is 24.2 Å². The molecule has 2 aromatic rings. The number of amides is 1. The Bertz CT molecular complexity index is 1120. The first-order valence-corrected chi connectivity index (χ1v) is 11.7. The fourth-order valence-electron chi connectivity index (χ4n) is 4.01. The number of carbonyl (C=O) groups is 2. The molecule has 0 bridgehead atoms. The molecule has 3 N–H and O–H groups in total. The summed E-state index contributed by atoms with van der Waals surface area (Å²) in [4.78, 5) is 24.6. The maximum atomic E-state index is 12.8. The van der Waals surface area contributed by atoms with E-state index in [0.29, 0.717) is 23.5 Å². The highest BCUT2D eigenvalue weighted by Crippen LogP contribution is 2.41. The van der Waals surface area contributed by atoms with Gasteiger partial charge in [-0.05, 0) is 48.6 Å². The summed E-state index contributed by atoms with van der Waals surface area (Å²) in [5.41, 5.74) is 0.954. The summed E-state index contributed by atoms with van der Waals surface area (Å²) in [6.45, 7) is 8.00. The SMILES string of the molecule is CC1(COc2ccc(CC3SC(=N)NC3=O)cc2)CC(=O)c2cc(O)c(C(C)(C)C)cc2O1. The molecule has 7 nitrogen and oxygen atoms in total. The number of phenolic OH excluding ortho intramolecular Hbond substituents is 1. The number of hydrogen-bond donors (Lipinski definition) is 3. The van der Waals surface area contributed by atoms with E-state index in [1.807, 2.05) is 52.0 Å². The normalized spacial score (nSPS) is 22.5. The topological polar surface area (TPSA) is 109 Å². The number of hydrogen-bond acceptors (Lipinski definition) is 7. The number of phenols is 1. The van der Waals surface area contributed by atoms with Crippen molar-refractivity contribution in [2.24, 2.45) is 0 Å². The van der Waals surface area contributed by atoms with E-state index in [4.69, 9.17) is 14.9 Å². The van der Waals surface area contributed by atoms with Crippen LogP contribution in [0.4, 0.5) is 0 Å². The number of ketones is 1. The Kier molecular flexibility index (Phi) is 5.90. The lowest BCUT2D eigenvalue weighted by Crippen LogP contribution is -2.44. The maximum absolute atomic E-state index is 12.8. The Morgan fingerprint density at radius 1 is 1.24 bits per heavy atom. The van der Waals surface area contributed by atoms with Gasteiger partial charge < -0.3 is 19.9 Å². The number of ether oxygens (including phenoxy) is 2. The third-order valence-corrected chi connectivity index (χ3v) is 6.78. The van der Waals surface area contributed by atoms with Gasteiger partial charge in [0.1, 0.15) is 29.5 Å². The number of nitrogens with one attached hydrogen (secondary N) is 2. The number of Topliss-reactive ketones (excluding diaryl/α,β-unsaturated/α-hetero) is 1. The average Bonchev–Trinajstić information content (AvgIpc) is 3.03. The van der Waals surface area contributed by atoms with Crippen LogP contribution in [0.1, 0.15) is 55.6 Å². The fraction of sp³-hybridized carbons (Fsp3) is 0.400. The number of benzene rings is 2. The van der Waals surface area contributed by atoms with Crippen LogP contribution in [0.15, 0.2) is 36.4 Å². The Morgan fingerprint density at radius 3 is 2.55 bits per heavy atom. The highest BCUT2D eigenvalue weighted by Gasteiger charge is 2.39. The quantitative estimate of drug-likeness (QED) is 0.607. The molecule has 0 aromatic heterocycles. The molecule has 2 aliphatic rings. The second-order valence-electron chi connectivity index (χ2n) is 9.83. The molecule has 0 spiro atoms. The predicted molar refractivity (Wildman–Crippen MR) is 128 cm³/mol. The Labute approximate surface area is 197 Å². The summed E-state index contributed by atoms with van der Waals surface area (Å²) in [7, 11) is 0. The van der Waals surface area contributed by atoms with E-state index in [-0.39, 0.29) is 46.3 Å². The second kappa shape index (κ2) is 8.41. The number of carbonyl (C=O) groups excluding carboxylic acids is 2. The zero-order valence-electron chi connectivity index (χ0n) is 19.2. The first kappa shape index (κ1) is 23.2. The van der Waals surface area contributed by atoms with Gasteiger partial charge in [-0.25, -0.2) is 0 Å². The van der Waals surface area contributed by atoms with Crippen LogP contribution in [-0.4, -0.2) is 39.4 Å². The van der Waals surface area contributed by atoms with Crippen molar-refractivity contribution in [3.63, 3.8) is 0 Å². The second-order valence-corrected chi connectivity index (χ2v) is 11.0. The van der Waals surface area contributed by atoms with Gasteiger partial charge in [0.25, 0.3) is 0 Å². The lowest BCUT2D eigenvalue weighted by atomic mass is 9.83. The Hall–Kier alpha value is -3.00. The molecular formula is C25H28N2O5S. The minimum Gasteiger partial charge on any atom is -0.508 e. The number of thioether (sulfide) groups is 1. The average molecular weight is 469 g/mol. The molecule has 0 radical (unpaired) electrons. The van der Waals surface area contributed by atoms with Crippen molar-refractivity contribution in [1.29, 1.82) is 5.41 Å². The first-order chi connectivity index (χ1) is 15.4. The van der Waals surface area contributed by atoms with Crippen molar-refractivity contribution in [1.82, 2.24) is 5.32 Å². The molecule has 2 heterocycles. The van der Waals surface area contributed by atoms with Crippen LogP contribution in [-0.2, 0) is 16.6 Å². The van der Waals surface area contributed by atoms with Crippen molar-refractivity contribution >= 4 is 28.6 Å². The van der Waals surface area contributed by atoms with Gasteiger partial charge in [-0.3, -0.25) is 15.0 Å². The van der Waals surface area contributed by atoms with Crippen molar-refractivity contribution in [3.05, 3.63) is 53.1 Å². The van der Waals surface area contributed by atoms with Crippen molar-refractivity contribution in [2.75, 3.05) is 6.61 Å². The summed E-state index contributed by atoms with van der Waals surface area (Å²) in [5.74, 6) is 0.975. The molecule has 8 heteroatoms. The van der Waals surface area contributed by atoms with Crippen LogP contribution in [0.2, 0.25) is 0 Å². The predicted octanol–water partition coefficient (Wildman–Crippen LogP) is 4.20. The van der Waals surface area contributed by atoms with E-state index in [1.165, 1.54) is 17.8 Å². The third kappa shape index (κ3) is 5.00. The number of amidine groups is 1. The van der Waals surface area contributed by atoms with Crippen LogP contribution in [0.5, 0.6) is 17.2 Å². The fourth-order valence-corrected chi connectivity index (χ4v) is 4.90. The summed E-state index contributed by atoms with van der Waals surface area (Å²) < 4.78 is 12.2. The Balaban J connectivity index is 1.43. The highest BCUT2D eigenvalue weighted by atomic mass is 32.2. The zero-order valence-corrected chi connectivity index (χ0v) is 20.0. The van der Waals surface area contributed by atoms with Gasteiger partial charge >= 0.3 is 0 Å². The van der Waals surface area contributed by atoms with E-state index in [2.05, 4.69) is 5.32 Å². The molecule has 2 aromatic carbocycles. The molecule has 2 atom stereocenters. The molecule has 4 rings (SSSR count). The Morgan fingerprint density at radius 2 is 1.94 bits per heavy atom. The number of rotatable bonds is 5. The molecule has 0 aliphatic carbocycles. The summed E-state index contributed by atoms with van der Waals surface area (Å²) >= 11 is 1.23. The zero-order chi connectivity index (χ0) is 24.0. The molecule has 33 heavy (non-hydrogen) atoms. The number of aromatic hydroxyl groups is 1. The van der Waals surface area contributed by atoms with Gasteiger partial charge in [0.2, 0.25) is 5.91 Å². The molecule has 2 unspecified atom stereocenters. The van der Waals surface area contributed by atoms with E-state index in [9.17, 15) is 14.7 Å². The smallest absolute Gasteiger partial charge is 0.239 e. The van der Waals surface area contributed by atoms with Gasteiger partial charge in [-0.15, -0.1) is 0 Å². The van der Waals surface area contributed by atoms with Crippen LogP contribution in [0, 0.1) is 5.41 Å². The van der Waals surface area contributed by atoms with Crippen molar-refractivity contribution in [3.8, 4) is 17.2 Å². The molecule has 1 fully saturated rings. The molecule has 2 aliphatic heterocycles. The lowest BCUT2D eigenvalue weighted by molar-refractivity contribution is -0.118. The van der Waals surface area contributed by atoms with E-state index in [1.54, 1.807) is 6.07 Å². The molecule has 1 saturated heterocycles. The third-order valence-electron chi connectivity index (χ3n) is 5.78. The van der Waals surface area contributed by atoms with Crippen LogP contribution < -0.4 is 14.8 Å². The molecule has 1 amide bonds. The first-order valence-electron chi connectivity index (χ1n) is 10.8. The maximum Gasteiger partial charge on any atom is 0.239 e. The van der Waals surface area contributed by atoms with E-state index in [0.717, 1.165) is 11.1 Å². The van der Waals surface area contributed by atoms with Gasteiger partial charge in [0.05, 0.1) is 17.2 Å². The standard InChI is InChI=1S/C25H28N2O5S/c1-24(2,3)17-11-20-16(10-18(17)28)19(29)12-25(4,32-20)13-31-15-7-5-14(6-8-15)9-21-22(30)27-23(26)33-21/h5-8,10-11,21,28H,9,12-13H2,1-4H3,(H2,26,27,30). The number of fused-ring (bicyclic) bond motifs is 1. The van der Waals surface area contributed by atoms with Crippen molar-refractivity contribution in [2.45, 2.75) is 56.8 Å². The molecule has 0 saturated carbocycles. The molecule has 174 valence electrons. The minimum atomic E-state index is -0.839. The van der Waals surface area contributed by atoms with Gasteiger partial charge in [0, 0.05) is 5.56 Å².